The summed E-state index contributed by atoms with van der Waals surface area (Å²) >= 11 is 3.26. The molecule has 0 fully saturated rings. The fourth-order valence-electron chi connectivity index (χ4n) is 2.81. The lowest BCUT2D eigenvalue weighted by Crippen LogP contribution is -2.33. The van der Waals surface area contributed by atoms with Crippen LogP contribution in [0.25, 0.3) is 0 Å². The van der Waals surface area contributed by atoms with Crippen LogP contribution in [0.5, 0.6) is 11.5 Å². The summed E-state index contributed by atoms with van der Waals surface area (Å²) in [6, 6.07) is 17.8. The van der Waals surface area contributed by atoms with Crippen LogP contribution in [-0.4, -0.2) is 35.6 Å². The zero-order chi connectivity index (χ0) is 24.5. The van der Waals surface area contributed by atoms with Gasteiger partial charge in [0.05, 0.1) is 24.1 Å². The molecule has 0 atom stereocenters. The third-order valence-electron chi connectivity index (χ3n) is 4.41. The van der Waals surface area contributed by atoms with Crippen LogP contribution in [0.15, 0.2) is 76.3 Å². The number of hydrogen-bond acceptors (Lipinski definition) is 6. The molecule has 0 aliphatic heterocycles. The number of rotatable bonds is 7. The van der Waals surface area contributed by atoms with E-state index in [1.807, 2.05) is 6.92 Å². The summed E-state index contributed by atoms with van der Waals surface area (Å²) in [4.78, 5) is 37.2. The van der Waals surface area contributed by atoms with E-state index in [0.717, 1.165) is 0 Å². The van der Waals surface area contributed by atoms with Crippen molar-refractivity contribution in [3.05, 3.63) is 82.3 Å². The Morgan fingerprint density at radius 3 is 2.47 bits per heavy atom. The van der Waals surface area contributed by atoms with Crippen molar-refractivity contribution in [2.45, 2.75) is 6.92 Å². The molecule has 3 rings (SSSR count). The maximum Gasteiger partial charge on any atom is 0.329 e. The van der Waals surface area contributed by atoms with Crippen molar-refractivity contribution in [1.29, 1.82) is 0 Å². The van der Waals surface area contributed by atoms with Crippen LogP contribution < -0.4 is 20.8 Å². The van der Waals surface area contributed by atoms with E-state index in [1.54, 1.807) is 48.5 Å². The van der Waals surface area contributed by atoms with Gasteiger partial charge in [0.2, 0.25) is 0 Å². The van der Waals surface area contributed by atoms with Gasteiger partial charge in [-0.15, -0.1) is 0 Å². The molecule has 10 heteroatoms. The number of ether oxygens (including phenoxy) is 1. The molecule has 174 valence electrons. The van der Waals surface area contributed by atoms with Crippen molar-refractivity contribution in [3.63, 3.8) is 0 Å². The number of benzene rings is 3. The summed E-state index contributed by atoms with van der Waals surface area (Å²) in [6.07, 6.45) is 1.20. The molecule has 3 amide bonds. The normalized spacial score (nSPS) is 10.5. The molecule has 0 radical (unpaired) electrons. The Morgan fingerprint density at radius 2 is 1.74 bits per heavy atom. The van der Waals surface area contributed by atoms with Gasteiger partial charge in [-0.3, -0.25) is 14.4 Å². The number of aromatic hydroxyl groups is 1. The van der Waals surface area contributed by atoms with Gasteiger partial charge in [-0.2, -0.15) is 5.10 Å². The maximum atomic E-state index is 12.7. The number of phenols is 1. The molecule has 4 N–H and O–H groups in total. The summed E-state index contributed by atoms with van der Waals surface area (Å²) in [7, 11) is 0. The molecule has 0 saturated heterocycles. The first-order valence-electron chi connectivity index (χ1n) is 10.1. The predicted molar refractivity (Wildman–Crippen MR) is 132 cm³/mol. The SMILES string of the molecule is CCOc1ccc(NC(=O)c2ccccc2NC(=O)C(=O)N/N=C/c2cc(Br)ccc2O)cc1. The second-order valence-corrected chi connectivity index (χ2v) is 7.73. The van der Waals surface area contributed by atoms with E-state index in [1.165, 1.54) is 24.4 Å². The van der Waals surface area contributed by atoms with Crippen molar-refractivity contribution in [2.24, 2.45) is 5.10 Å². The van der Waals surface area contributed by atoms with Crippen molar-refractivity contribution < 1.29 is 24.2 Å². The number of nitrogens with zero attached hydrogens (tertiary/aromatic N) is 1. The Balaban J connectivity index is 1.63. The molecule has 3 aromatic rings. The predicted octanol–water partition coefficient (Wildman–Crippen LogP) is 3.89. The van der Waals surface area contributed by atoms with E-state index in [0.29, 0.717) is 28.1 Å². The van der Waals surface area contributed by atoms with E-state index in [4.69, 9.17) is 4.74 Å². The largest absolute Gasteiger partial charge is 0.507 e. The second kappa shape index (κ2) is 11.6. The number of anilines is 2. The average molecular weight is 525 g/mol. The summed E-state index contributed by atoms with van der Waals surface area (Å²) < 4.78 is 6.08. The van der Waals surface area contributed by atoms with Crippen molar-refractivity contribution in [1.82, 2.24) is 5.43 Å². The molecule has 0 heterocycles. The highest BCUT2D eigenvalue weighted by Crippen LogP contribution is 2.21. The molecule has 9 nitrogen and oxygen atoms in total. The second-order valence-electron chi connectivity index (χ2n) is 6.81. The monoisotopic (exact) mass is 524 g/mol. The van der Waals surface area contributed by atoms with Crippen LogP contribution in [0.3, 0.4) is 0 Å². The van der Waals surface area contributed by atoms with Crippen molar-refractivity contribution >= 4 is 51.2 Å². The lowest BCUT2D eigenvalue weighted by atomic mass is 10.1. The van der Waals surface area contributed by atoms with Gasteiger partial charge in [0.25, 0.3) is 5.91 Å². The number of hydrogen-bond donors (Lipinski definition) is 4. The molecule has 0 unspecified atom stereocenters. The van der Waals surface area contributed by atoms with Gasteiger partial charge in [-0.05, 0) is 61.5 Å². The highest BCUT2D eigenvalue weighted by molar-refractivity contribution is 9.10. The molecule has 34 heavy (non-hydrogen) atoms. The summed E-state index contributed by atoms with van der Waals surface area (Å²) in [5.41, 5.74) is 3.28. The van der Waals surface area contributed by atoms with E-state index in [2.05, 4.69) is 37.1 Å². The van der Waals surface area contributed by atoms with Gasteiger partial charge in [0, 0.05) is 15.7 Å². The Morgan fingerprint density at radius 1 is 1.00 bits per heavy atom. The van der Waals surface area contributed by atoms with Crippen molar-refractivity contribution in [2.75, 3.05) is 17.2 Å². The van der Waals surface area contributed by atoms with E-state index < -0.39 is 17.7 Å². The topological polar surface area (TPSA) is 129 Å². The molecular weight excluding hydrogens is 504 g/mol. The fraction of sp³-hybridized carbons (Fsp3) is 0.0833. The number of carbonyl (C=O) groups is 3. The standard InChI is InChI=1S/C24H21BrN4O5/c1-2-34-18-10-8-17(9-11-18)27-22(31)19-5-3-4-6-20(19)28-23(32)24(33)29-26-14-15-13-16(25)7-12-21(15)30/h3-14,30H,2H2,1H3,(H,27,31)(H,28,32)(H,29,33)/b26-14+. The number of nitrogens with one attached hydrogen (secondary N) is 3. The minimum atomic E-state index is -1.05. The highest BCUT2D eigenvalue weighted by Gasteiger charge is 2.18. The summed E-state index contributed by atoms with van der Waals surface area (Å²) in [5.74, 6) is -1.90. The Kier molecular flexibility index (Phi) is 8.36. The zero-order valence-electron chi connectivity index (χ0n) is 18.0. The molecule has 0 aliphatic carbocycles. The quantitative estimate of drug-likeness (QED) is 0.211. The number of para-hydroxylation sites is 1. The van der Waals surface area contributed by atoms with Crippen LogP contribution in [0.4, 0.5) is 11.4 Å². The van der Waals surface area contributed by atoms with Gasteiger partial charge in [-0.1, -0.05) is 28.1 Å². The van der Waals surface area contributed by atoms with Crippen LogP contribution >= 0.6 is 15.9 Å². The Labute approximate surface area is 204 Å². The number of halogens is 1. The number of phenolic OH excluding ortho intramolecular Hbond substituents is 1. The molecular formula is C24H21BrN4O5. The number of hydrazone groups is 1. The number of carbonyl (C=O) groups excluding carboxylic acids is 3. The van der Waals surface area contributed by atoms with Gasteiger partial charge < -0.3 is 20.5 Å². The van der Waals surface area contributed by atoms with Crippen LogP contribution in [-0.2, 0) is 9.59 Å². The van der Waals surface area contributed by atoms with Crippen molar-refractivity contribution in [3.8, 4) is 11.5 Å². The van der Waals surface area contributed by atoms with Gasteiger partial charge >= 0.3 is 11.8 Å². The maximum absolute atomic E-state index is 12.7. The molecule has 0 aromatic heterocycles. The third-order valence-corrected chi connectivity index (χ3v) is 4.90. The molecule has 0 aliphatic rings. The Bertz CT molecular complexity index is 1230. The average Bonchev–Trinajstić information content (AvgIpc) is 2.83. The third kappa shape index (κ3) is 6.66. The van der Waals surface area contributed by atoms with E-state index >= 15 is 0 Å². The first-order chi connectivity index (χ1) is 16.4. The zero-order valence-corrected chi connectivity index (χ0v) is 19.6. The molecule has 0 saturated carbocycles. The van der Waals surface area contributed by atoms with Gasteiger partial charge in [-0.25, -0.2) is 5.43 Å². The van der Waals surface area contributed by atoms with Gasteiger partial charge in [0.15, 0.2) is 0 Å². The van der Waals surface area contributed by atoms with Crippen LogP contribution in [0.2, 0.25) is 0 Å². The lowest BCUT2D eigenvalue weighted by molar-refractivity contribution is -0.136. The minimum absolute atomic E-state index is 0.0434. The first-order valence-corrected chi connectivity index (χ1v) is 10.9. The highest BCUT2D eigenvalue weighted by atomic mass is 79.9. The Hall–Kier alpha value is -4.18. The molecule has 3 aromatic carbocycles. The first kappa shape index (κ1) is 24.5. The van der Waals surface area contributed by atoms with Gasteiger partial charge in [0.1, 0.15) is 11.5 Å². The summed E-state index contributed by atoms with van der Waals surface area (Å²) in [5, 5.41) is 18.6. The molecule has 0 bridgehead atoms. The smallest absolute Gasteiger partial charge is 0.329 e. The summed E-state index contributed by atoms with van der Waals surface area (Å²) in [6.45, 7) is 2.41. The van der Waals surface area contributed by atoms with E-state index in [-0.39, 0.29) is 17.0 Å². The molecule has 0 spiro atoms. The number of amides is 3. The van der Waals surface area contributed by atoms with Crippen LogP contribution in [0.1, 0.15) is 22.8 Å². The lowest BCUT2D eigenvalue weighted by Gasteiger charge is -2.11. The van der Waals surface area contributed by atoms with E-state index in [9.17, 15) is 19.5 Å². The fourth-order valence-corrected chi connectivity index (χ4v) is 3.19. The van der Waals surface area contributed by atoms with Crippen LogP contribution in [0, 0.1) is 0 Å². The minimum Gasteiger partial charge on any atom is -0.507 e.